The standard InChI is InChI=1S/C31H28FN3O3/c1-38-25-16-10-22(11-17-25)31-28-7-4-18-33(28)26-5-2-3-6-27(26)35(31)30(37)20-34(24-14-15-24)29(36)19-21-8-12-23(32)13-9-21/h2-13,16-18,24,31H,14-15,19-20H2,1H3. The topological polar surface area (TPSA) is 54.8 Å². The second-order valence-corrected chi connectivity index (χ2v) is 9.79. The van der Waals surface area contributed by atoms with Gasteiger partial charge >= 0.3 is 0 Å². The van der Waals surface area contributed by atoms with Crippen LogP contribution < -0.4 is 9.64 Å². The van der Waals surface area contributed by atoms with Gasteiger partial charge in [-0.1, -0.05) is 36.4 Å². The summed E-state index contributed by atoms with van der Waals surface area (Å²) in [7, 11) is 1.63. The van der Waals surface area contributed by atoms with Crippen LogP contribution in [0, 0.1) is 5.82 Å². The average Bonchev–Trinajstić information content (AvgIpc) is 3.67. The van der Waals surface area contributed by atoms with Crippen molar-refractivity contribution >= 4 is 17.5 Å². The summed E-state index contributed by atoms with van der Waals surface area (Å²) in [6, 6.07) is 25.2. The number of hydrogen-bond donors (Lipinski definition) is 0. The van der Waals surface area contributed by atoms with Crippen molar-refractivity contribution in [2.75, 3.05) is 18.6 Å². The van der Waals surface area contributed by atoms with Crippen LogP contribution in [0.4, 0.5) is 10.1 Å². The van der Waals surface area contributed by atoms with Crippen molar-refractivity contribution in [1.82, 2.24) is 9.47 Å². The number of fused-ring (bicyclic) bond motifs is 3. The van der Waals surface area contributed by atoms with Crippen LogP contribution in [0.2, 0.25) is 0 Å². The SMILES string of the molecule is COc1ccc(C2c3cccn3-c3ccccc3N2C(=O)CN(C(=O)Cc2ccc(F)cc2)C2CC2)cc1. The molecule has 6 nitrogen and oxygen atoms in total. The maximum atomic E-state index is 14.2. The Morgan fingerprint density at radius 3 is 2.32 bits per heavy atom. The van der Waals surface area contributed by atoms with Gasteiger partial charge in [0.05, 0.1) is 30.6 Å². The predicted octanol–water partition coefficient (Wildman–Crippen LogP) is 5.29. The van der Waals surface area contributed by atoms with E-state index in [4.69, 9.17) is 4.74 Å². The molecule has 0 spiro atoms. The Balaban J connectivity index is 1.35. The Morgan fingerprint density at radius 2 is 1.63 bits per heavy atom. The molecule has 0 radical (unpaired) electrons. The molecule has 1 unspecified atom stereocenters. The van der Waals surface area contributed by atoms with Crippen molar-refractivity contribution in [2.45, 2.75) is 31.3 Å². The first-order valence-corrected chi connectivity index (χ1v) is 12.8. The van der Waals surface area contributed by atoms with Crippen LogP contribution in [0.3, 0.4) is 0 Å². The average molecular weight is 510 g/mol. The number of anilines is 1. The molecule has 7 heteroatoms. The first-order chi connectivity index (χ1) is 18.5. The summed E-state index contributed by atoms with van der Waals surface area (Å²) in [5, 5.41) is 0. The molecule has 2 heterocycles. The molecule has 3 aromatic carbocycles. The van der Waals surface area contributed by atoms with Crippen molar-refractivity contribution < 1.29 is 18.7 Å². The smallest absolute Gasteiger partial charge is 0.247 e. The summed E-state index contributed by atoms with van der Waals surface area (Å²) in [5.74, 6) is 0.130. The number of hydrogen-bond acceptors (Lipinski definition) is 3. The number of benzene rings is 3. The predicted molar refractivity (Wildman–Crippen MR) is 143 cm³/mol. The van der Waals surface area contributed by atoms with Crippen LogP contribution in [-0.2, 0) is 16.0 Å². The molecule has 1 atom stereocenters. The highest BCUT2D eigenvalue weighted by Crippen LogP contribution is 2.43. The van der Waals surface area contributed by atoms with E-state index in [1.165, 1.54) is 12.1 Å². The Morgan fingerprint density at radius 1 is 0.921 bits per heavy atom. The highest BCUT2D eigenvalue weighted by Gasteiger charge is 2.39. The lowest BCUT2D eigenvalue weighted by Crippen LogP contribution is -2.47. The van der Waals surface area contributed by atoms with Crippen molar-refractivity contribution in [2.24, 2.45) is 0 Å². The Hall–Kier alpha value is -4.39. The molecule has 0 bridgehead atoms. The zero-order valence-corrected chi connectivity index (χ0v) is 21.1. The van der Waals surface area contributed by atoms with Gasteiger partial charge in [-0.2, -0.15) is 0 Å². The lowest BCUT2D eigenvalue weighted by atomic mass is 9.97. The van der Waals surface area contributed by atoms with Crippen LogP contribution >= 0.6 is 0 Å². The maximum Gasteiger partial charge on any atom is 0.247 e. The summed E-state index contributed by atoms with van der Waals surface area (Å²) in [6.07, 6.45) is 3.90. The van der Waals surface area contributed by atoms with E-state index >= 15 is 0 Å². The molecule has 1 aromatic heterocycles. The molecule has 192 valence electrons. The number of ether oxygens (including phenoxy) is 1. The van der Waals surface area contributed by atoms with Crippen molar-refractivity contribution in [3.63, 3.8) is 0 Å². The van der Waals surface area contributed by atoms with E-state index in [1.54, 1.807) is 24.1 Å². The largest absolute Gasteiger partial charge is 0.497 e. The van der Waals surface area contributed by atoms with E-state index in [2.05, 4.69) is 4.57 Å². The van der Waals surface area contributed by atoms with Crippen molar-refractivity contribution in [3.05, 3.63) is 114 Å². The second kappa shape index (κ2) is 9.82. The Bertz CT molecular complexity index is 1480. The molecule has 1 fully saturated rings. The molecular formula is C31H28FN3O3. The number of carbonyl (C=O) groups is 2. The first-order valence-electron chi connectivity index (χ1n) is 12.8. The normalized spacial score (nSPS) is 15.9. The molecule has 38 heavy (non-hydrogen) atoms. The summed E-state index contributed by atoms with van der Waals surface area (Å²) >= 11 is 0. The zero-order valence-electron chi connectivity index (χ0n) is 21.1. The number of amides is 2. The molecule has 0 N–H and O–H groups in total. The molecule has 0 saturated heterocycles. The van der Waals surface area contributed by atoms with E-state index in [9.17, 15) is 14.0 Å². The van der Waals surface area contributed by atoms with Gasteiger partial charge in [-0.3, -0.25) is 14.5 Å². The summed E-state index contributed by atoms with van der Waals surface area (Å²) in [6.45, 7) is -0.0214. The fraction of sp³-hybridized carbons (Fsp3) is 0.226. The van der Waals surface area contributed by atoms with Crippen LogP contribution in [0.5, 0.6) is 5.75 Å². The third-order valence-corrected chi connectivity index (χ3v) is 7.30. The molecule has 4 aromatic rings. The second-order valence-electron chi connectivity index (χ2n) is 9.79. The molecule has 6 rings (SSSR count). The van der Waals surface area contributed by atoms with E-state index < -0.39 is 0 Å². The van der Waals surface area contributed by atoms with Gasteiger partial charge in [0.25, 0.3) is 0 Å². The molecule has 1 aliphatic carbocycles. The van der Waals surface area contributed by atoms with Crippen LogP contribution in [-0.4, -0.2) is 41.0 Å². The Kier molecular flexibility index (Phi) is 6.19. The van der Waals surface area contributed by atoms with Gasteiger partial charge in [0.2, 0.25) is 11.8 Å². The van der Waals surface area contributed by atoms with E-state index in [1.807, 2.05) is 71.8 Å². The number of nitrogens with zero attached hydrogens (tertiary/aromatic N) is 3. The lowest BCUT2D eigenvalue weighted by molar-refractivity contribution is -0.135. The van der Waals surface area contributed by atoms with Gasteiger partial charge in [0, 0.05) is 12.2 Å². The quantitative estimate of drug-likeness (QED) is 0.340. The summed E-state index contributed by atoms with van der Waals surface area (Å²) < 4.78 is 20.8. The van der Waals surface area contributed by atoms with Crippen LogP contribution in [0.15, 0.2) is 91.1 Å². The third-order valence-electron chi connectivity index (χ3n) is 7.30. The van der Waals surface area contributed by atoms with Crippen molar-refractivity contribution in [3.8, 4) is 11.4 Å². The van der Waals surface area contributed by atoms with Crippen molar-refractivity contribution in [1.29, 1.82) is 0 Å². The number of halogens is 1. The minimum atomic E-state index is -0.369. The molecular weight excluding hydrogens is 481 g/mol. The molecule has 1 saturated carbocycles. The number of carbonyl (C=O) groups excluding carboxylic acids is 2. The van der Waals surface area contributed by atoms with Gasteiger partial charge < -0.3 is 14.2 Å². The van der Waals surface area contributed by atoms with E-state index in [0.29, 0.717) is 0 Å². The number of rotatable bonds is 7. The van der Waals surface area contributed by atoms with E-state index in [-0.39, 0.29) is 42.7 Å². The molecule has 2 amide bonds. The highest BCUT2D eigenvalue weighted by atomic mass is 19.1. The highest BCUT2D eigenvalue weighted by molar-refractivity contribution is 6.00. The number of para-hydroxylation sites is 2. The minimum absolute atomic E-state index is 0.0214. The molecule has 2 aliphatic rings. The van der Waals surface area contributed by atoms with Gasteiger partial charge in [0.15, 0.2) is 0 Å². The first kappa shape index (κ1) is 24.0. The number of methoxy groups -OCH3 is 1. The number of aromatic nitrogens is 1. The monoisotopic (exact) mass is 509 g/mol. The van der Waals surface area contributed by atoms with Gasteiger partial charge in [-0.05, 0) is 72.5 Å². The summed E-state index contributed by atoms with van der Waals surface area (Å²) in [4.78, 5) is 31.1. The fourth-order valence-corrected chi connectivity index (χ4v) is 5.27. The summed E-state index contributed by atoms with van der Waals surface area (Å²) in [5.41, 5.74) is 4.36. The minimum Gasteiger partial charge on any atom is -0.497 e. The maximum absolute atomic E-state index is 14.2. The lowest BCUT2D eigenvalue weighted by Gasteiger charge is -2.39. The van der Waals surface area contributed by atoms with Crippen LogP contribution in [0.25, 0.3) is 5.69 Å². The third kappa shape index (κ3) is 4.45. The zero-order chi connectivity index (χ0) is 26.2. The Labute approximate surface area is 220 Å². The van der Waals surface area contributed by atoms with Gasteiger partial charge in [0.1, 0.15) is 24.2 Å². The van der Waals surface area contributed by atoms with E-state index in [0.717, 1.165) is 46.8 Å². The fourth-order valence-electron chi connectivity index (χ4n) is 5.27. The molecule has 1 aliphatic heterocycles. The van der Waals surface area contributed by atoms with Gasteiger partial charge in [-0.15, -0.1) is 0 Å². The van der Waals surface area contributed by atoms with Gasteiger partial charge in [-0.25, -0.2) is 4.39 Å². The van der Waals surface area contributed by atoms with Crippen LogP contribution in [0.1, 0.15) is 35.7 Å².